The first-order valence-electron chi connectivity index (χ1n) is 14.5. The van der Waals surface area contributed by atoms with Crippen LogP contribution in [0, 0.1) is 5.92 Å². The molecule has 3 heterocycles. The largest absolute Gasteiger partial charge is 0.467 e. The molecule has 0 radical (unpaired) electrons. The Morgan fingerprint density at radius 2 is 1.69 bits per heavy atom. The van der Waals surface area contributed by atoms with E-state index in [4.69, 9.17) is 18.6 Å². The minimum atomic E-state index is -1.37. The number of unbranched alkanes of at least 4 members (excludes halogenated alkanes) is 1. The molecule has 9 heteroatoms. The molecule has 2 aliphatic rings. The number of fused-ring (bicyclic) bond motifs is 1. The van der Waals surface area contributed by atoms with Crippen LogP contribution in [0.4, 0.5) is 0 Å². The lowest BCUT2D eigenvalue weighted by Crippen LogP contribution is -2.67. The van der Waals surface area contributed by atoms with Crippen molar-refractivity contribution in [3.05, 3.63) is 95.9 Å². The van der Waals surface area contributed by atoms with Crippen molar-refractivity contribution < 1.29 is 33.0 Å². The minimum absolute atomic E-state index is 0.0496. The number of esters is 1. The Morgan fingerprint density at radius 3 is 2.38 bits per heavy atom. The maximum Gasteiger partial charge on any atom is 0.311 e. The van der Waals surface area contributed by atoms with E-state index in [1.807, 2.05) is 48.5 Å². The maximum atomic E-state index is 14.4. The first-order valence-corrected chi connectivity index (χ1v) is 14.5. The second kappa shape index (κ2) is 13.8. The van der Waals surface area contributed by atoms with Gasteiger partial charge < -0.3 is 28.4 Å². The van der Waals surface area contributed by atoms with Gasteiger partial charge in [0.05, 0.1) is 38.5 Å². The van der Waals surface area contributed by atoms with Gasteiger partial charge in [0.2, 0.25) is 5.91 Å². The molecule has 0 aliphatic carbocycles. The van der Waals surface area contributed by atoms with Crippen LogP contribution in [0.5, 0.6) is 0 Å². The topological polar surface area (TPSA) is 98.5 Å². The molecule has 0 N–H and O–H groups in total. The van der Waals surface area contributed by atoms with Crippen LogP contribution in [0.25, 0.3) is 0 Å². The van der Waals surface area contributed by atoms with E-state index < -0.39 is 23.5 Å². The number of carbonyl (C=O) groups is 3. The normalized spacial score (nSPS) is 21.9. The van der Waals surface area contributed by atoms with Gasteiger partial charge in [-0.25, -0.2) is 0 Å². The Bertz CT molecular complexity index is 1310. The lowest BCUT2D eigenvalue weighted by Gasteiger charge is -2.46. The van der Waals surface area contributed by atoms with Crippen LogP contribution in [-0.2, 0) is 41.6 Å². The molecule has 1 aromatic heterocycles. The fraction of sp³-hybridized carbons (Fsp3) is 0.424. The molecule has 3 atom stereocenters. The van der Waals surface area contributed by atoms with E-state index >= 15 is 0 Å². The zero-order chi connectivity index (χ0) is 29.4. The lowest BCUT2D eigenvalue weighted by molar-refractivity contribution is -0.169. The molecule has 5 rings (SSSR count). The Labute approximate surface area is 246 Å². The second-order valence-corrected chi connectivity index (χ2v) is 10.9. The van der Waals surface area contributed by atoms with E-state index in [0.29, 0.717) is 12.3 Å². The quantitative estimate of drug-likeness (QED) is 0.210. The molecule has 2 fully saturated rings. The van der Waals surface area contributed by atoms with E-state index in [2.05, 4.69) is 12.1 Å². The van der Waals surface area contributed by atoms with Crippen molar-refractivity contribution in [3.63, 3.8) is 0 Å². The average molecular weight is 575 g/mol. The molecule has 0 saturated carbocycles. The number of furan rings is 1. The number of nitrogens with zero attached hydrogens (tertiary/aromatic N) is 2. The first-order chi connectivity index (χ1) is 20.5. The number of amides is 2. The Balaban J connectivity index is 1.39. The molecule has 42 heavy (non-hydrogen) atoms. The van der Waals surface area contributed by atoms with Crippen molar-refractivity contribution in [3.8, 4) is 0 Å². The van der Waals surface area contributed by atoms with Crippen molar-refractivity contribution in [2.45, 2.75) is 43.9 Å². The maximum absolute atomic E-state index is 14.4. The van der Waals surface area contributed by atoms with Gasteiger partial charge in [-0.2, -0.15) is 0 Å². The highest BCUT2D eigenvalue weighted by molar-refractivity contribution is 6.00. The zero-order valence-electron chi connectivity index (χ0n) is 24.0. The van der Waals surface area contributed by atoms with Gasteiger partial charge in [0.15, 0.2) is 0 Å². The number of hydrogen-bond donors (Lipinski definition) is 0. The highest BCUT2D eigenvalue weighted by Gasteiger charge is 2.64. The summed E-state index contributed by atoms with van der Waals surface area (Å²) < 4.78 is 22.5. The van der Waals surface area contributed by atoms with Gasteiger partial charge in [-0.3, -0.25) is 14.4 Å². The number of aryl methyl sites for hydroxylation is 1. The second-order valence-electron chi connectivity index (χ2n) is 10.9. The van der Waals surface area contributed by atoms with Crippen molar-refractivity contribution in [2.75, 3.05) is 40.0 Å². The van der Waals surface area contributed by atoms with Gasteiger partial charge in [0, 0.05) is 13.7 Å². The highest BCUT2D eigenvalue weighted by Crippen LogP contribution is 2.50. The fourth-order valence-corrected chi connectivity index (χ4v) is 6.10. The molecule has 3 aromatic rings. The number of piperazine rings is 1. The summed E-state index contributed by atoms with van der Waals surface area (Å²) in [5.74, 6) is -1.32. The average Bonchev–Trinajstić information content (AvgIpc) is 3.66. The SMILES string of the molecule is COCCOC(=O)C1C[C@]2(COCc3ccccc3)C(=O)N(CCCCc3ccccc3)CC(=O)N2C1c1ccco1. The first kappa shape index (κ1) is 29.5. The van der Waals surface area contributed by atoms with Crippen LogP contribution in [-0.4, -0.2) is 73.1 Å². The van der Waals surface area contributed by atoms with Gasteiger partial charge in [0.25, 0.3) is 5.91 Å². The van der Waals surface area contributed by atoms with Gasteiger partial charge >= 0.3 is 5.97 Å². The van der Waals surface area contributed by atoms with E-state index in [9.17, 15) is 14.4 Å². The van der Waals surface area contributed by atoms with Crippen LogP contribution in [0.3, 0.4) is 0 Å². The van der Waals surface area contributed by atoms with Crippen LogP contribution < -0.4 is 0 Å². The Hall–Kier alpha value is -3.95. The summed E-state index contributed by atoms with van der Waals surface area (Å²) >= 11 is 0. The molecule has 2 amide bonds. The molecule has 0 spiro atoms. The summed E-state index contributed by atoms with van der Waals surface area (Å²) in [6.45, 7) is 0.917. The van der Waals surface area contributed by atoms with Gasteiger partial charge in [-0.05, 0) is 48.9 Å². The monoisotopic (exact) mass is 574 g/mol. The highest BCUT2D eigenvalue weighted by atomic mass is 16.6. The van der Waals surface area contributed by atoms with Gasteiger partial charge in [-0.15, -0.1) is 0 Å². The predicted molar refractivity (Wildman–Crippen MR) is 154 cm³/mol. The summed E-state index contributed by atoms with van der Waals surface area (Å²) in [7, 11) is 1.53. The van der Waals surface area contributed by atoms with Crippen molar-refractivity contribution in [1.82, 2.24) is 9.80 Å². The van der Waals surface area contributed by atoms with Crippen molar-refractivity contribution >= 4 is 17.8 Å². The molecule has 0 bridgehead atoms. The predicted octanol–water partition coefficient (Wildman–Crippen LogP) is 4.18. The van der Waals surface area contributed by atoms with E-state index in [-0.39, 0.29) is 51.2 Å². The van der Waals surface area contributed by atoms with E-state index in [1.165, 1.54) is 18.9 Å². The molecular weight excluding hydrogens is 536 g/mol. The fourth-order valence-electron chi connectivity index (χ4n) is 6.10. The lowest BCUT2D eigenvalue weighted by atomic mass is 9.88. The van der Waals surface area contributed by atoms with Crippen molar-refractivity contribution in [1.29, 1.82) is 0 Å². The molecule has 222 valence electrons. The summed E-state index contributed by atoms with van der Waals surface area (Å²) in [5, 5.41) is 0. The smallest absolute Gasteiger partial charge is 0.311 e. The van der Waals surface area contributed by atoms with Crippen molar-refractivity contribution in [2.24, 2.45) is 5.92 Å². The number of methoxy groups -OCH3 is 1. The van der Waals surface area contributed by atoms with Crippen LogP contribution in [0.2, 0.25) is 0 Å². The van der Waals surface area contributed by atoms with E-state index in [0.717, 1.165) is 24.8 Å². The molecule has 9 nitrogen and oxygen atoms in total. The third-order valence-corrected chi connectivity index (χ3v) is 8.07. The van der Waals surface area contributed by atoms with Gasteiger partial charge in [0.1, 0.15) is 23.9 Å². The van der Waals surface area contributed by atoms with E-state index in [1.54, 1.807) is 21.9 Å². The summed E-state index contributed by atoms with van der Waals surface area (Å²) in [6.07, 6.45) is 4.10. The Morgan fingerprint density at radius 1 is 0.952 bits per heavy atom. The molecule has 2 aromatic carbocycles. The number of benzene rings is 2. The zero-order valence-corrected chi connectivity index (χ0v) is 24.0. The summed E-state index contributed by atoms with van der Waals surface area (Å²) in [4.78, 5) is 44.9. The van der Waals surface area contributed by atoms with Gasteiger partial charge in [-0.1, -0.05) is 60.7 Å². The molecule has 2 unspecified atom stereocenters. The third kappa shape index (κ3) is 6.42. The number of carbonyl (C=O) groups excluding carboxylic acids is 3. The number of hydrogen-bond acceptors (Lipinski definition) is 7. The molecule has 2 saturated heterocycles. The van der Waals surface area contributed by atoms with Crippen LogP contribution in [0.15, 0.2) is 83.5 Å². The van der Waals surface area contributed by atoms with Crippen LogP contribution in [0.1, 0.15) is 42.2 Å². The Kier molecular flexibility index (Phi) is 9.71. The minimum Gasteiger partial charge on any atom is -0.467 e. The number of ether oxygens (including phenoxy) is 3. The standard InChI is InChI=1S/C33H38N2O7/c1-39-19-20-42-31(37)27-21-33(24-40-23-26-14-6-3-7-15-26)32(38)34(17-9-8-13-25-11-4-2-5-12-25)22-29(36)35(33)30(27)28-16-10-18-41-28/h2-7,10-12,14-16,18,27,30H,8-9,13,17,19-24H2,1H3/t27?,30?,33-/m0/s1. The van der Waals surface area contributed by atoms with Crippen LogP contribution >= 0.6 is 0 Å². The molecular formula is C33H38N2O7. The molecule has 2 aliphatic heterocycles. The third-order valence-electron chi connectivity index (χ3n) is 8.07. The summed E-state index contributed by atoms with van der Waals surface area (Å²) in [5.41, 5.74) is 0.817. The summed E-state index contributed by atoms with van der Waals surface area (Å²) in [6, 6.07) is 22.5. The number of rotatable bonds is 14.